The van der Waals surface area contributed by atoms with Crippen LogP contribution in [0.3, 0.4) is 0 Å². The Morgan fingerprint density at radius 3 is 2.54 bits per heavy atom. The molecule has 0 aliphatic heterocycles. The summed E-state index contributed by atoms with van der Waals surface area (Å²) in [7, 11) is 1.49. The lowest BCUT2D eigenvalue weighted by atomic mass is 9.79. The molecule has 10 heteroatoms. The first-order valence-corrected chi connectivity index (χ1v) is 11.2. The second-order valence-corrected chi connectivity index (χ2v) is 8.99. The lowest BCUT2D eigenvalue weighted by molar-refractivity contribution is -0.149. The van der Waals surface area contributed by atoms with Crippen molar-refractivity contribution in [3.63, 3.8) is 0 Å². The monoisotopic (exact) mass is 504 g/mol. The van der Waals surface area contributed by atoms with Crippen LogP contribution in [0.1, 0.15) is 35.9 Å². The summed E-state index contributed by atoms with van der Waals surface area (Å²) in [6.45, 7) is 1.83. The largest absolute Gasteiger partial charge is 0.491 e. The van der Waals surface area contributed by atoms with Crippen LogP contribution in [0.25, 0.3) is 11.1 Å². The zero-order chi connectivity index (χ0) is 25.6. The van der Waals surface area contributed by atoms with Crippen LogP contribution in [-0.4, -0.2) is 47.0 Å². The van der Waals surface area contributed by atoms with Gasteiger partial charge in [-0.15, -0.1) is 0 Å². The number of hydrogen-bond donors (Lipinski definition) is 3. The SMILES string of the molecule is COCCC(C)(C[C@@H](Cc1ccc(-c2cc(Cl)ccc2F)cc1)NC(=O)c1cc(O)no1)C(=O)O. The Morgan fingerprint density at radius 1 is 1.23 bits per heavy atom. The van der Waals surface area contributed by atoms with Gasteiger partial charge in [-0.05, 0) is 60.7 Å². The van der Waals surface area contributed by atoms with E-state index >= 15 is 0 Å². The number of carbonyl (C=O) groups excluding carboxylic acids is 1. The third kappa shape index (κ3) is 6.80. The lowest BCUT2D eigenvalue weighted by Gasteiger charge is -2.30. The number of hydrogen-bond acceptors (Lipinski definition) is 6. The molecule has 0 aliphatic carbocycles. The molecular formula is C25H26ClFN2O6. The van der Waals surface area contributed by atoms with Crippen molar-refractivity contribution in [2.24, 2.45) is 5.41 Å². The van der Waals surface area contributed by atoms with Gasteiger partial charge >= 0.3 is 5.97 Å². The van der Waals surface area contributed by atoms with Gasteiger partial charge in [0.25, 0.3) is 11.8 Å². The van der Waals surface area contributed by atoms with Crippen molar-refractivity contribution in [1.29, 1.82) is 0 Å². The Labute approximate surface area is 206 Å². The minimum absolute atomic E-state index is 0.0994. The van der Waals surface area contributed by atoms with Crippen LogP contribution in [0.15, 0.2) is 53.1 Å². The molecule has 8 nitrogen and oxygen atoms in total. The Morgan fingerprint density at radius 2 is 1.94 bits per heavy atom. The van der Waals surface area contributed by atoms with Crippen molar-refractivity contribution in [2.75, 3.05) is 13.7 Å². The Kier molecular flexibility index (Phi) is 8.48. The smallest absolute Gasteiger partial charge is 0.309 e. The molecule has 0 bridgehead atoms. The van der Waals surface area contributed by atoms with Gasteiger partial charge in [-0.2, -0.15) is 0 Å². The number of rotatable bonds is 11. The molecule has 35 heavy (non-hydrogen) atoms. The summed E-state index contributed by atoms with van der Waals surface area (Å²) in [5, 5.41) is 25.7. The highest BCUT2D eigenvalue weighted by Crippen LogP contribution is 2.31. The van der Waals surface area contributed by atoms with Gasteiger partial charge in [0.05, 0.1) is 11.5 Å². The number of methoxy groups -OCH3 is 1. The zero-order valence-electron chi connectivity index (χ0n) is 19.3. The molecule has 0 saturated heterocycles. The lowest BCUT2D eigenvalue weighted by Crippen LogP contribution is -2.43. The van der Waals surface area contributed by atoms with E-state index in [0.29, 0.717) is 22.6 Å². The molecule has 1 amide bonds. The number of nitrogens with zero attached hydrogens (tertiary/aromatic N) is 1. The third-order valence-corrected chi connectivity index (χ3v) is 6.04. The van der Waals surface area contributed by atoms with Crippen LogP contribution in [0.5, 0.6) is 5.88 Å². The molecule has 1 heterocycles. The zero-order valence-corrected chi connectivity index (χ0v) is 20.0. The molecule has 0 fully saturated rings. The fraction of sp³-hybridized carbons (Fsp3) is 0.320. The van der Waals surface area contributed by atoms with Crippen LogP contribution in [0.4, 0.5) is 4.39 Å². The maximum atomic E-state index is 14.2. The average Bonchev–Trinajstić information content (AvgIpc) is 3.26. The minimum atomic E-state index is -1.18. The maximum absolute atomic E-state index is 14.2. The van der Waals surface area contributed by atoms with Crippen molar-refractivity contribution in [3.8, 4) is 17.0 Å². The minimum Gasteiger partial charge on any atom is -0.491 e. The molecule has 2 atom stereocenters. The standard InChI is InChI=1S/C25H26ClFN2O6/c1-25(24(32)33,9-10-34-2)14-18(28-23(31)21-13-22(30)29-35-21)11-15-3-5-16(6-4-15)19-12-17(26)7-8-20(19)27/h3-8,12-13,18H,9-11,14H2,1-2H3,(H,28,31)(H,29,30)(H,32,33)/t18-,25?/m1/s1. The van der Waals surface area contributed by atoms with Crippen molar-refractivity contribution in [3.05, 3.63) is 70.7 Å². The highest BCUT2D eigenvalue weighted by atomic mass is 35.5. The average molecular weight is 505 g/mol. The number of aromatic hydroxyl groups is 1. The van der Waals surface area contributed by atoms with Gasteiger partial charge in [-0.1, -0.05) is 35.9 Å². The molecular weight excluding hydrogens is 479 g/mol. The molecule has 186 valence electrons. The van der Waals surface area contributed by atoms with Crippen LogP contribution in [0.2, 0.25) is 5.02 Å². The summed E-state index contributed by atoms with van der Waals surface area (Å²) in [5.74, 6) is -2.70. The van der Waals surface area contributed by atoms with E-state index < -0.39 is 35.0 Å². The van der Waals surface area contributed by atoms with Crippen molar-refractivity contribution in [2.45, 2.75) is 32.2 Å². The fourth-order valence-corrected chi connectivity index (χ4v) is 3.97. The number of carboxylic acid groups (broad SMARTS) is 1. The van der Waals surface area contributed by atoms with Gasteiger partial charge in [0.1, 0.15) is 5.82 Å². The van der Waals surface area contributed by atoms with E-state index in [4.69, 9.17) is 20.9 Å². The van der Waals surface area contributed by atoms with E-state index in [2.05, 4.69) is 10.5 Å². The van der Waals surface area contributed by atoms with Gasteiger partial charge in [-0.3, -0.25) is 9.59 Å². The first-order chi connectivity index (χ1) is 16.6. The van der Waals surface area contributed by atoms with E-state index in [9.17, 15) is 24.2 Å². The molecule has 0 aliphatic rings. The van der Waals surface area contributed by atoms with E-state index in [1.54, 1.807) is 31.2 Å². The Bertz CT molecular complexity index is 1180. The molecule has 0 spiro atoms. The normalized spacial score (nSPS) is 13.7. The predicted molar refractivity (Wildman–Crippen MR) is 127 cm³/mol. The summed E-state index contributed by atoms with van der Waals surface area (Å²) in [6, 6.07) is 11.8. The number of nitrogens with one attached hydrogen (secondary N) is 1. The van der Waals surface area contributed by atoms with E-state index in [-0.39, 0.29) is 25.2 Å². The van der Waals surface area contributed by atoms with Gasteiger partial charge < -0.3 is 24.8 Å². The molecule has 1 aromatic heterocycles. The van der Waals surface area contributed by atoms with Gasteiger partial charge in [0.2, 0.25) is 5.76 Å². The number of aromatic nitrogens is 1. The number of aliphatic carboxylic acids is 1. The number of amides is 1. The summed E-state index contributed by atoms with van der Waals surface area (Å²) >= 11 is 6.00. The van der Waals surface area contributed by atoms with Crippen LogP contribution in [-0.2, 0) is 16.0 Å². The topological polar surface area (TPSA) is 122 Å². The summed E-state index contributed by atoms with van der Waals surface area (Å²) in [5.41, 5.74) is 0.599. The first kappa shape index (κ1) is 26.2. The Hall–Kier alpha value is -3.43. The molecule has 1 unspecified atom stereocenters. The van der Waals surface area contributed by atoms with Crippen LogP contribution < -0.4 is 5.32 Å². The molecule has 3 N–H and O–H groups in total. The van der Waals surface area contributed by atoms with Gasteiger partial charge in [-0.25, -0.2) is 4.39 Å². The van der Waals surface area contributed by atoms with Crippen molar-refractivity contribution < 1.29 is 33.5 Å². The van der Waals surface area contributed by atoms with Crippen LogP contribution in [0, 0.1) is 11.2 Å². The number of benzene rings is 2. The molecule has 0 saturated carbocycles. The van der Waals surface area contributed by atoms with Crippen LogP contribution >= 0.6 is 11.6 Å². The summed E-state index contributed by atoms with van der Waals surface area (Å²) in [6.07, 6.45) is 0.628. The Balaban J connectivity index is 1.84. The number of ether oxygens (including phenoxy) is 1. The van der Waals surface area contributed by atoms with E-state index in [1.165, 1.54) is 25.3 Å². The molecule has 3 rings (SSSR count). The predicted octanol–water partition coefficient (Wildman–Crippen LogP) is 4.70. The fourth-order valence-electron chi connectivity index (χ4n) is 3.79. The van der Waals surface area contributed by atoms with Crippen molar-refractivity contribution in [1.82, 2.24) is 10.5 Å². The summed E-state index contributed by atoms with van der Waals surface area (Å²) in [4.78, 5) is 24.7. The number of carbonyl (C=O) groups is 2. The highest BCUT2D eigenvalue weighted by molar-refractivity contribution is 6.30. The van der Waals surface area contributed by atoms with E-state index in [1.807, 2.05) is 0 Å². The number of halogens is 2. The molecule has 0 radical (unpaired) electrons. The number of carboxylic acids is 1. The maximum Gasteiger partial charge on any atom is 0.309 e. The van der Waals surface area contributed by atoms with E-state index in [0.717, 1.165) is 11.6 Å². The second kappa shape index (κ2) is 11.3. The summed E-state index contributed by atoms with van der Waals surface area (Å²) < 4.78 is 24.1. The molecule has 2 aromatic carbocycles. The van der Waals surface area contributed by atoms with Gasteiger partial charge in [0.15, 0.2) is 0 Å². The first-order valence-electron chi connectivity index (χ1n) is 10.8. The highest BCUT2D eigenvalue weighted by Gasteiger charge is 2.36. The second-order valence-electron chi connectivity index (χ2n) is 8.56. The van der Waals surface area contributed by atoms with Crippen molar-refractivity contribution >= 4 is 23.5 Å². The third-order valence-electron chi connectivity index (χ3n) is 5.80. The van der Waals surface area contributed by atoms with Gasteiger partial charge in [0, 0.05) is 30.3 Å². The molecule has 3 aromatic rings. The quantitative estimate of drug-likeness (QED) is 0.346.